The van der Waals surface area contributed by atoms with Gasteiger partial charge in [-0.25, -0.2) is 0 Å². The third kappa shape index (κ3) is 2.59. The second-order valence-electron chi connectivity index (χ2n) is 4.92. The van der Waals surface area contributed by atoms with Crippen LogP contribution in [0.15, 0.2) is 18.2 Å². The average Bonchev–Trinajstić information content (AvgIpc) is 2.73. The van der Waals surface area contributed by atoms with E-state index in [0.29, 0.717) is 12.0 Å². The van der Waals surface area contributed by atoms with Crippen molar-refractivity contribution < 1.29 is 4.79 Å². The Labute approximate surface area is 130 Å². The predicted molar refractivity (Wildman–Crippen MR) is 86.3 cm³/mol. The van der Waals surface area contributed by atoms with Gasteiger partial charge >= 0.3 is 0 Å². The lowest BCUT2D eigenvalue weighted by molar-refractivity contribution is 0.0737. The molecule has 1 aromatic rings. The minimum absolute atomic E-state index is 0.178. The van der Waals surface area contributed by atoms with E-state index in [9.17, 15) is 4.79 Å². The van der Waals surface area contributed by atoms with Crippen LogP contribution in [0.2, 0.25) is 0 Å². The van der Waals surface area contributed by atoms with Crippen molar-refractivity contribution in [1.29, 1.82) is 0 Å². The van der Waals surface area contributed by atoms with Crippen LogP contribution in [0.1, 0.15) is 29.3 Å². The molecule has 1 aromatic carbocycles. The van der Waals surface area contributed by atoms with Crippen molar-refractivity contribution in [3.63, 3.8) is 0 Å². The average molecular weight is 422 g/mol. The van der Waals surface area contributed by atoms with Gasteiger partial charge in [-0.15, -0.1) is 0 Å². The third-order valence-corrected chi connectivity index (χ3v) is 5.82. The number of carbonyl (C=O) groups is 1. The summed E-state index contributed by atoms with van der Waals surface area (Å²) in [5, 5.41) is 0.863. The highest BCUT2D eigenvalue weighted by Crippen LogP contribution is 2.28. The number of nitrogens with zero attached hydrogens (tertiary/aromatic N) is 1. The molecule has 18 heavy (non-hydrogen) atoms. The summed E-state index contributed by atoms with van der Waals surface area (Å²) in [6, 6.07) is 6.28. The summed E-state index contributed by atoms with van der Waals surface area (Å²) in [7, 11) is 0. The molecule has 4 heteroatoms. The van der Waals surface area contributed by atoms with Crippen LogP contribution in [0.5, 0.6) is 0 Å². The predicted octanol–water partition coefficient (Wildman–Crippen LogP) is 3.85. The molecule has 0 N–H and O–H groups in total. The molecule has 1 fully saturated rings. The smallest absolute Gasteiger partial charge is 0.255 e. The summed E-state index contributed by atoms with van der Waals surface area (Å²) in [4.78, 5) is 14.7. The summed E-state index contributed by atoms with van der Waals surface area (Å²) in [5.74, 6) is 0.757. The lowest BCUT2D eigenvalue weighted by atomic mass is 10.0. The van der Waals surface area contributed by atoms with Crippen molar-refractivity contribution in [2.24, 2.45) is 5.92 Å². The number of alkyl halides is 1. The number of hydrogen-bond donors (Lipinski definition) is 0. The molecule has 0 bridgehead atoms. The molecule has 0 aromatic heterocycles. The summed E-state index contributed by atoms with van der Waals surface area (Å²) in [6.45, 7) is 5.15. The molecule has 1 aliphatic heterocycles. The Kier molecular flexibility index (Phi) is 4.69. The maximum absolute atomic E-state index is 12.6. The number of hydrogen-bond acceptors (Lipinski definition) is 1. The molecule has 2 nitrogen and oxygen atoms in total. The minimum atomic E-state index is 0.178. The van der Waals surface area contributed by atoms with Crippen molar-refractivity contribution in [2.45, 2.75) is 26.3 Å². The van der Waals surface area contributed by atoms with Crippen LogP contribution in [0.3, 0.4) is 0 Å². The van der Waals surface area contributed by atoms with Gasteiger partial charge in [0.15, 0.2) is 0 Å². The van der Waals surface area contributed by atoms with Crippen molar-refractivity contribution in [2.75, 3.05) is 11.9 Å². The fourth-order valence-corrected chi connectivity index (χ4v) is 4.04. The third-order valence-electron chi connectivity index (χ3n) is 3.72. The Morgan fingerprint density at radius 1 is 1.56 bits per heavy atom. The van der Waals surface area contributed by atoms with Gasteiger partial charge in [0.2, 0.25) is 0 Å². The fourth-order valence-electron chi connectivity index (χ4n) is 2.46. The van der Waals surface area contributed by atoms with Gasteiger partial charge in [-0.2, -0.15) is 0 Å². The SMILES string of the molecule is Cc1cccc(C(=O)N2CCC(C)C2CBr)c1I. The van der Waals surface area contributed by atoms with Crippen LogP contribution in [0.25, 0.3) is 0 Å². The topological polar surface area (TPSA) is 20.3 Å². The number of likely N-dealkylation sites (tertiary alicyclic amines) is 1. The van der Waals surface area contributed by atoms with E-state index in [0.717, 1.165) is 27.4 Å². The molecule has 1 heterocycles. The van der Waals surface area contributed by atoms with Crippen molar-refractivity contribution in [3.05, 3.63) is 32.9 Å². The molecule has 0 spiro atoms. The molecule has 2 atom stereocenters. The van der Waals surface area contributed by atoms with Gasteiger partial charge in [-0.1, -0.05) is 35.0 Å². The van der Waals surface area contributed by atoms with E-state index >= 15 is 0 Å². The zero-order chi connectivity index (χ0) is 13.3. The molecule has 1 aliphatic rings. The number of benzene rings is 1. The van der Waals surface area contributed by atoms with Crippen LogP contribution < -0.4 is 0 Å². The van der Waals surface area contributed by atoms with Gasteiger partial charge < -0.3 is 4.90 Å². The van der Waals surface area contributed by atoms with Crippen molar-refractivity contribution in [3.8, 4) is 0 Å². The molecular formula is C14H17BrINO. The number of amides is 1. The van der Waals surface area contributed by atoms with Crippen LogP contribution in [-0.4, -0.2) is 28.7 Å². The van der Waals surface area contributed by atoms with E-state index in [1.807, 2.05) is 30.0 Å². The maximum atomic E-state index is 12.6. The van der Waals surface area contributed by atoms with Crippen LogP contribution in [0, 0.1) is 16.4 Å². The molecule has 1 amide bonds. The highest BCUT2D eigenvalue weighted by Gasteiger charge is 2.34. The Morgan fingerprint density at radius 2 is 2.28 bits per heavy atom. The zero-order valence-corrected chi connectivity index (χ0v) is 14.4. The molecule has 0 aliphatic carbocycles. The van der Waals surface area contributed by atoms with Gasteiger partial charge in [-0.05, 0) is 53.5 Å². The van der Waals surface area contributed by atoms with E-state index in [2.05, 4.69) is 45.4 Å². The Bertz CT molecular complexity index is 463. The second kappa shape index (κ2) is 5.90. The Balaban J connectivity index is 2.29. The number of aryl methyl sites for hydroxylation is 1. The lowest BCUT2D eigenvalue weighted by Gasteiger charge is -2.26. The Morgan fingerprint density at radius 3 is 2.94 bits per heavy atom. The monoisotopic (exact) mass is 421 g/mol. The first-order valence-electron chi connectivity index (χ1n) is 6.18. The highest BCUT2D eigenvalue weighted by molar-refractivity contribution is 14.1. The fraction of sp³-hybridized carbons (Fsp3) is 0.500. The molecule has 0 saturated carbocycles. The zero-order valence-electron chi connectivity index (χ0n) is 10.6. The van der Waals surface area contributed by atoms with Crippen molar-refractivity contribution >= 4 is 44.4 Å². The lowest BCUT2D eigenvalue weighted by Crippen LogP contribution is -2.39. The summed E-state index contributed by atoms with van der Waals surface area (Å²) < 4.78 is 1.08. The largest absolute Gasteiger partial charge is 0.335 e. The quantitative estimate of drug-likeness (QED) is 0.524. The molecule has 2 unspecified atom stereocenters. The summed E-state index contributed by atoms with van der Waals surface area (Å²) in [6.07, 6.45) is 1.10. The van der Waals surface area contributed by atoms with Gasteiger partial charge in [0.1, 0.15) is 0 Å². The first-order chi connectivity index (χ1) is 8.56. The van der Waals surface area contributed by atoms with E-state index in [1.165, 1.54) is 5.56 Å². The van der Waals surface area contributed by atoms with Crippen molar-refractivity contribution in [1.82, 2.24) is 4.90 Å². The van der Waals surface area contributed by atoms with Gasteiger partial charge in [0.05, 0.1) is 5.56 Å². The van der Waals surface area contributed by atoms with Crippen LogP contribution in [0.4, 0.5) is 0 Å². The van der Waals surface area contributed by atoms with Gasteiger partial charge in [0.25, 0.3) is 5.91 Å². The summed E-state index contributed by atoms with van der Waals surface area (Å²) in [5.41, 5.74) is 2.01. The normalized spacial score (nSPS) is 23.4. The molecule has 98 valence electrons. The van der Waals surface area contributed by atoms with E-state index < -0.39 is 0 Å². The van der Waals surface area contributed by atoms with E-state index in [4.69, 9.17) is 0 Å². The number of carbonyl (C=O) groups excluding carboxylic acids is 1. The van der Waals surface area contributed by atoms with Crippen LogP contribution in [-0.2, 0) is 0 Å². The first-order valence-corrected chi connectivity index (χ1v) is 8.38. The standard InChI is InChI=1S/C14H17BrINO/c1-9-6-7-17(12(9)8-15)14(18)11-5-3-4-10(2)13(11)16/h3-5,9,12H,6-8H2,1-2H3. The van der Waals surface area contributed by atoms with E-state index in [-0.39, 0.29) is 5.91 Å². The minimum Gasteiger partial charge on any atom is -0.335 e. The van der Waals surface area contributed by atoms with Gasteiger partial charge in [0, 0.05) is 21.5 Å². The highest BCUT2D eigenvalue weighted by atomic mass is 127. The number of rotatable bonds is 2. The molecule has 0 radical (unpaired) electrons. The Hall–Kier alpha value is -0.100. The molecular weight excluding hydrogens is 405 g/mol. The first kappa shape index (κ1) is 14.3. The van der Waals surface area contributed by atoms with Gasteiger partial charge in [-0.3, -0.25) is 4.79 Å². The van der Waals surface area contributed by atoms with E-state index in [1.54, 1.807) is 0 Å². The summed E-state index contributed by atoms with van der Waals surface area (Å²) >= 11 is 5.81. The molecule has 1 saturated heterocycles. The number of halogens is 2. The second-order valence-corrected chi connectivity index (χ2v) is 6.65. The maximum Gasteiger partial charge on any atom is 0.255 e. The van der Waals surface area contributed by atoms with Crippen LogP contribution >= 0.6 is 38.5 Å². The molecule has 2 rings (SSSR count).